The summed E-state index contributed by atoms with van der Waals surface area (Å²) in [5.41, 5.74) is 0.723. The van der Waals surface area contributed by atoms with Crippen LogP contribution in [-0.2, 0) is 14.3 Å². The van der Waals surface area contributed by atoms with E-state index in [1.54, 1.807) is 60.7 Å². The molecule has 122 valence electrons. The average molecular weight is 324 g/mol. The lowest BCUT2D eigenvalue weighted by Gasteiger charge is -2.07. The van der Waals surface area contributed by atoms with Crippen LogP contribution >= 0.6 is 0 Å². The second-order valence-corrected chi connectivity index (χ2v) is 4.85. The van der Waals surface area contributed by atoms with E-state index in [-0.39, 0.29) is 18.8 Å². The molecule has 2 aromatic carbocycles. The number of ether oxygens (including phenoxy) is 2. The van der Waals surface area contributed by atoms with Crippen LogP contribution in [0.15, 0.2) is 73.0 Å². The summed E-state index contributed by atoms with van der Waals surface area (Å²) in [6.45, 7) is 3.33. The largest absolute Gasteiger partial charge is 0.462 e. The lowest BCUT2D eigenvalue weighted by atomic mass is 10.2. The highest BCUT2D eigenvalue weighted by Gasteiger charge is 2.15. The Balaban J connectivity index is 1.77. The molecule has 0 saturated heterocycles. The Bertz CT molecular complexity index is 735. The summed E-state index contributed by atoms with van der Waals surface area (Å²) in [5.74, 6) is -1.95. The average Bonchev–Trinajstić information content (AvgIpc) is 2.62. The topological polar surface area (TPSA) is 69.7 Å². The van der Waals surface area contributed by atoms with Gasteiger partial charge in [0, 0.05) is 6.42 Å². The van der Waals surface area contributed by atoms with Gasteiger partial charge < -0.3 is 9.47 Å². The summed E-state index contributed by atoms with van der Waals surface area (Å²) in [6.07, 6.45) is -0.112. The van der Waals surface area contributed by atoms with Gasteiger partial charge in [0.2, 0.25) is 5.78 Å². The molecule has 0 aromatic heterocycles. The Labute approximate surface area is 139 Å². The molecule has 0 aliphatic carbocycles. The summed E-state index contributed by atoms with van der Waals surface area (Å²) < 4.78 is 9.91. The van der Waals surface area contributed by atoms with Crippen molar-refractivity contribution in [2.24, 2.45) is 0 Å². The number of rotatable bonds is 7. The lowest BCUT2D eigenvalue weighted by molar-refractivity contribution is -0.118. The molecule has 0 N–H and O–H groups in total. The standard InChI is InChI=1S/C19H16O5/c1-14(24-19(22)16-10-6-3-7-11-16)17(20)12-13-23-18(21)15-8-4-2-5-9-15/h2-11H,1,12-13H2. The number of benzene rings is 2. The van der Waals surface area contributed by atoms with E-state index >= 15 is 0 Å². The van der Waals surface area contributed by atoms with Crippen molar-refractivity contribution in [2.75, 3.05) is 6.61 Å². The third-order valence-electron chi connectivity index (χ3n) is 3.11. The van der Waals surface area contributed by atoms with Crippen LogP contribution in [0, 0.1) is 0 Å². The van der Waals surface area contributed by atoms with Gasteiger partial charge >= 0.3 is 11.9 Å². The molecule has 0 atom stereocenters. The van der Waals surface area contributed by atoms with Gasteiger partial charge in [-0.1, -0.05) is 43.0 Å². The van der Waals surface area contributed by atoms with Crippen molar-refractivity contribution in [1.82, 2.24) is 0 Å². The number of allylic oxidation sites excluding steroid dienone is 1. The smallest absolute Gasteiger partial charge is 0.343 e. The van der Waals surface area contributed by atoms with Crippen molar-refractivity contribution in [1.29, 1.82) is 0 Å². The fourth-order valence-corrected chi connectivity index (χ4v) is 1.84. The van der Waals surface area contributed by atoms with E-state index in [1.165, 1.54) is 0 Å². The second kappa shape index (κ2) is 8.43. The highest BCUT2D eigenvalue weighted by molar-refractivity contribution is 5.98. The first-order chi connectivity index (χ1) is 11.6. The molecule has 0 fully saturated rings. The molecule has 0 saturated carbocycles. The lowest BCUT2D eigenvalue weighted by Crippen LogP contribution is -2.14. The van der Waals surface area contributed by atoms with Crippen LogP contribution in [0.3, 0.4) is 0 Å². The number of hydrogen-bond donors (Lipinski definition) is 0. The zero-order chi connectivity index (χ0) is 17.4. The van der Waals surface area contributed by atoms with Crippen LogP contribution in [0.5, 0.6) is 0 Å². The Kier molecular flexibility index (Phi) is 6.02. The summed E-state index contributed by atoms with van der Waals surface area (Å²) in [4.78, 5) is 35.4. The fraction of sp³-hybridized carbons (Fsp3) is 0.105. The maximum absolute atomic E-state index is 11.9. The van der Waals surface area contributed by atoms with E-state index in [2.05, 4.69) is 6.58 Å². The molecular weight excluding hydrogens is 308 g/mol. The van der Waals surface area contributed by atoms with Crippen LogP contribution in [0.4, 0.5) is 0 Å². The minimum absolute atomic E-state index is 0.112. The maximum atomic E-state index is 11.9. The number of hydrogen-bond acceptors (Lipinski definition) is 5. The Morgan fingerprint density at radius 1 is 0.792 bits per heavy atom. The first kappa shape index (κ1) is 17.1. The molecule has 0 aliphatic heterocycles. The van der Waals surface area contributed by atoms with Gasteiger partial charge in [-0.25, -0.2) is 9.59 Å². The van der Waals surface area contributed by atoms with Gasteiger partial charge in [0.05, 0.1) is 17.7 Å². The van der Waals surface area contributed by atoms with Crippen molar-refractivity contribution in [2.45, 2.75) is 6.42 Å². The molecule has 0 bridgehead atoms. The van der Waals surface area contributed by atoms with Crippen molar-refractivity contribution in [3.05, 3.63) is 84.1 Å². The van der Waals surface area contributed by atoms with Gasteiger partial charge in [0.25, 0.3) is 0 Å². The molecule has 0 amide bonds. The summed E-state index contributed by atoms with van der Waals surface area (Å²) in [5, 5.41) is 0. The Morgan fingerprint density at radius 3 is 1.83 bits per heavy atom. The number of carbonyl (C=O) groups is 3. The molecule has 0 aliphatic rings. The molecule has 24 heavy (non-hydrogen) atoms. The highest BCUT2D eigenvalue weighted by atomic mass is 16.5. The molecule has 0 spiro atoms. The van der Waals surface area contributed by atoms with Crippen LogP contribution in [0.2, 0.25) is 0 Å². The minimum Gasteiger partial charge on any atom is -0.462 e. The zero-order valence-corrected chi connectivity index (χ0v) is 12.9. The van der Waals surface area contributed by atoms with Crippen LogP contribution < -0.4 is 0 Å². The molecule has 2 aromatic rings. The fourth-order valence-electron chi connectivity index (χ4n) is 1.84. The first-order valence-electron chi connectivity index (χ1n) is 7.29. The predicted octanol–water partition coefficient (Wildman–Crippen LogP) is 3.17. The second-order valence-electron chi connectivity index (χ2n) is 4.85. The monoisotopic (exact) mass is 324 g/mol. The van der Waals surface area contributed by atoms with Gasteiger partial charge in [-0.3, -0.25) is 4.79 Å². The molecule has 2 rings (SSSR count). The van der Waals surface area contributed by atoms with Gasteiger partial charge in [-0.2, -0.15) is 0 Å². The van der Waals surface area contributed by atoms with Gasteiger partial charge in [0.1, 0.15) is 0 Å². The molecule has 0 radical (unpaired) electrons. The van der Waals surface area contributed by atoms with Gasteiger partial charge in [-0.05, 0) is 24.3 Å². The van der Waals surface area contributed by atoms with Gasteiger partial charge in [-0.15, -0.1) is 0 Å². The van der Waals surface area contributed by atoms with E-state index in [1.807, 2.05) is 0 Å². The normalized spacial score (nSPS) is 9.83. The first-order valence-corrected chi connectivity index (χ1v) is 7.29. The molecule has 5 heteroatoms. The highest BCUT2D eigenvalue weighted by Crippen LogP contribution is 2.08. The SMILES string of the molecule is C=C(OC(=O)c1ccccc1)C(=O)CCOC(=O)c1ccccc1. The predicted molar refractivity (Wildman–Crippen MR) is 87.3 cm³/mol. The van der Waals surface area contributed by atoms with Crippen molar-refractivity contribution in [3.8, 4) is 0 Å². The third-order valence-corrected chi connectivity index (χ3v) is 3.11. The van der Waals surface area contributed by atoms with Crippen LogP contribution in [0.25, 0.3) is 0 Å². The number of ketones is 1. The zero-order valence-electron chi connectivity index (χ0n) is 12.9. The van der Waals surface area contributed by atoms with Crippen molar-refractivity contribution < 1.29 is 23.9 Å². The van der Waals surface area contributed by atoms with E-state index < -0.39 is 17.7 Å². The summed E-state index contributed by atoms with van der Waals surface area (Å²) in [6, 6.07) is 16.7. The van der Waals surface area contributed by atoms with E-state index in [0.717, 1.165) is 0 Å². The molecule has 0 heterocycles. The maximum Gasteiger partial charge on any atom is 0.343 e. The van der Waals surface area contributed by atoms with Gasteiger partial charge in [0.15, 0.2) is 5.76 Å². The Hall–Kier alpha value is -3.21. The molecule has 0 unspecified atom stereocenters. The van der Waals surface area contributed by atoms with Crippen molar-refractivity contribution >= 4 is 17.7 Å². The van der Waals surface area contributed by atoms with E-state index in [9.17, 15) is 14.4 Å². The quantitative estimate of drug-likeness (QED) is 0.444. The number of esters is 2. The number of carbonyl (C=O) groups excluding carboxylic acids is 3. The molecular formula is C19H16O5. The van der Waals surface area contributed by atoms with Crippen LogP contribution in [0.1, 0.15) is 27.1 Å². The summed E-state index contributed by atoms with van der Waals surface area (Å²) in [7, 11) is 0. The van der Waals surface area contributed by atoms with Crippen molar-refractivity contribution in [3.63, 3.8) is 0 Å². The van der Waals surface area contributed by atoms with E-state index in [4.69, 9.17) is 9.47 Å². The third kappa shape index (κ3) is 4.91. The van der Waals surface area contributed by atoms with E-state index in [0.29, 0.717) is 11.1 Å². The van der Waals surface area contributed by atoms with Crippen LogP contribution in [-0.4, -0.2) is 24.3 Å². The molecule has 5 nitrogen and oxygen atoms in total. The minimum atomic E-state index is -0.657. The summed E-state index contributed by atoms with van der Waals surface area (Å²) >= 11 is 0. The number of Topliss-reactive ketones (excluding diaryl/α,β-unsaturated/α-hetero) is 1. The Morgan fingerprint density at radius 2 is 1.29 bits per heavy atom.